The van der Waals surface area contributed by atoms with E-state index in [0.717, 1.165) is 27.7 Å². The number of nitriles is 1. The van der Waals surface area contributed by atoms with Crippen LogP contribution in [0.1, 0.15) is 22.4 Å². The van der Waals surface area contributed by atoms with Crippen LogP contribution in [-0.2, 0) is 0 Å². The predicted octanol–water partition coefficient (Wildman–Crippen LogP) is 3.10. The maximum atomic E-state index is 9.20. The van der Waals surface area contributed by atoms with E-state index in [1.54, 1.807) is 0 Å². The number of fused-ring (bicyclic) bond motifs is 1. The van der Waals surface area contributed by atoms with Crippen LogP contribution in [0, 0.1) is 32.1 Å². The first-order valence-corrected chi connectivity index (χ1v) is 5.94. The molecular weight excluding hydrogens is 222 g/mol. The second-order valence-electron chi connectivity index (χ2n) is 4.92. The fourth-order valence-corrected chi connectivity index (χ4v) is 2.48. The summed E-state index contributed by atoms with van der Waals surface area (Å²) in [5, 5.41) is 10.3. The van der Waals surface area contributed by atoms with Crippen molar-refractivity contribution in [2.24, 2.45) is 0 Å². The van der Waals surface area contributed by atoms with E-state index in [1.165, 1.54) is 5.56 Å². The Bertz CT molecular complexity index is 664. The van der Waals surface area contributed by atoms with Crippen LogP contribution in [-0.4, -0.2) is 19.1 Å². The third-order valence-electron chi connectivity index (χ3n) is 3.19. The van der Waals surface area contributed by atoms with Crippen molar-refractivity contribution >= 4 is 16.6 Å². The molecule has 1 aromatic carbocycles. The van der Waals surface area contributed by atoms with Gasteiger partial charge in [-0.3, -0.25) is 0 Å². The van der Waals surface area contributed by atoms with E-state index in [0.29, 0.717) is 5.69 Å². The number of aromatic nitrogens is 1. The highest BCUT2D eigenvalue weighted by Gasteiger charge is 2.14. The monoisotopic (exact) mass is 239 g/mol. The van der Waals surface area contributed by atoms with Gasteiger partial charge in [-0.1, -0.05) is 11.6 Å². The zero-order valence-electron chi connectivity index (χ0n) is 11.5. The number of hydrogen-bond acceptors (Lipinski definition) is 3. The number of anilines is 1. The third-order valence-corrected chi connectivity index (χ3v) is 3.19. The van der Waals surface area contributed by atoms with Crippen LogP contribution in [0.4, 0.5) is 5.69 Å². The molecule has 3 nitrogen and oxygen atoms in total. The van der Waals surface area contributed by atoms with Crippen molar-refractivity contribution in [2.75, 3.05) is 19.0 Å². The summed E-state index contributed by atoms with van der Waals surface area (Å²) in [7, 11) is 4.00. The molecule has 0 radical (unpaired) electrons. The van der Waals surface area contributed by atoms with E-state index < -0.39 is 0 Å². The summed E-state index contributed by atoms with van der Waals surface area (Å²) in [4.78, 5) is 6.54. The summed E-state index contributed by atoms with van der Waals surface area (Å²) in [6.45, 7) is 6.08. The molecule has 0 amide bonds. The molecular formula is C15H17N3. The predicted molar refractivity (Wildman–Crippen MR) is 75.0 cm³/mol. The van der Waals surface area contributed by atoms with Gasteiger partial charge in [0, 0.05) is 25.0 Å². The molecule has 2 aromatic rings. The van der Waals surface area contributed by atoms with E-state index in [1.807, 2.05) is 27.9 Å². The highest BCUT2D eigenvalue weighted by atomic mass is 15.1. The molecule has 1 aromatic heterocycles. The number of nitrogens with zero attached hydrogens (tertiary/aromatic N) is 3. The fraction of sp³-hybridized carbons (Fsp3) is 0.333. The van der Waals surface area contributed by atoms with E-state index in [4.69, 9.17) is 0 Å². The molecule has 2 rings (SSSR count). The van der Waals surface area contributed by atoms with Crippen molar-refractivity contribution in [1.82, 2.24) is 4.98 Å². The number of hydrogen-bond donors (Lipinski definition) is 0. The largest absolute Gasteiger partial charge is 0.377 e. The molecule has 0 bridgehead atoms. The molecule has 0 aliphatic rings. The van der Waals surface area contributed by atoms with Crippen LogP contribution >= 0.6 is 0 Å². The first-order valence-electron chi connectivity index (χ1n) is 5.94. The third kappa shape index (κ3) is 1.80. The molecule has 0 fully saturated rings. The van der Waals surface area contributed by atoms with Crippen molar-refractivity contribution in [3.63, 3.8) is 0 Å². The summed E-state index contributed by atoms with van der Waals surface area (Å²) < 4.78 is 0. The lowest BCUT2D eigenvalue weighted by atomic mass is 10.0. The van der Waals surface area contributed by atoms with Crippen molar-refractivity contribution in [3.05, 3.63) is 34.5 Å². The molecule has 0 saturated carbocycles. The number of aryl methyl sites for hydroxylation is 2. The Hall–Kier alpha value is -2.08. The highest BCUT2D eigenvalue weighted by Crippen LogP contribution is 2.32. The van der Waals surface area contributed by atoms with Gasteiger partial charge in [0.1, 0.15) is 11.8 Å². The number of rotatable bonds is 1. The Morgan fingerprint density at radius 3 is 2.39 bits per heavy atom. The zero-order chi connectivity index (χ0) is 13.4. The minimum absolute atomic E-state index is 0.512. The van der Waals surface area contributed by atoms with Crippen molar-refractivity contribution in [3.8, 4) is 6.07 Å². The molecule has 0 spiro atoms. The Morgan fingerprint density at radius 2 is 1.83 bits per heavy atom. The summed E-state index contributed by atoms with van der Waals surface area (Å²) in [6.07, 6.45) is 0. The maximum Gasteiger partial charge on any atom is 0.146 e. The van der Waals surface area contributed by atoms with Crippen molar-refractivity contribution in [1.29, 1.82) is 5.26 Å². The maximum absolute atomic E-state index is 9.20. The number of pyridine rings is 1. The van der Waals surface area contributed by atoms with Gasteiger partial charge in [-0.05, 0) is 32.4 Å². The second kappa shape index (κ2) is 4.30. The molecule has 1 heterocycles. The number of benzene rings is 1. The van der Waals surface area contributed by atoms with Crippen LogP contribution in [0.2, 0.25) is 0 Å². The lowest BCUT2D eigenvalue weighted by Gasteiger charge is -2.20. The summed E-state index contributed by atoms with van der Waals surface area (Å²) in [5.41, 5.74) is 5.80. The lowest BCUT2D eigenvalue weighted by Crippen LogP contribution is -2.13. The average Bonchev–Trinajstić information content (AvgIpc) is 2.27. The molecule has 0 unspecified atom stereocenters. The minimum Gasteiger partial charge on any atom is -0.377 e. The van der Waals surface area contributed by atoms with Gasteiger partial charge >= 0.3 is 0 Å². The van der Waals surface area contributed by atoms with Gasteiger partial charge in [0.25, 0.3) is 0 Å². The SMILES string of the molecule is Cc1cc(C)c2nc(C#N)c(C)c(N(C)C)c2c1. The topological polar surface area (TPSA) is 39.9 Å². The van der Waals surface area contributed by atoms with Gasteiger partial charge < -0.3 is 4.90 Å². The van der Waals surface area contributed by atoms with Gasteiger partial charge in [0.2, 0.25) is 0 Å². The molecule has 3 heteroatoms. The highest BCUT2D eigenvalue weighted by molar-refractivity contribution is 5.96. The Morgan fingerprint density at radius 1 is 1.17 bits per heavy atom. The molecule has 0 aliphatic heterocycles. The van der Waals surface area contributed by atoms with E-state index in [9.17, 15) is 5.26 Å². The van der Waals surface area contributed by atoms with Crippen molar-refractivity contribution < 1.29 is 0 Å². The van der Waals surface area contributed by atoms with Crippen LogP contribution in [0.5, 0.6) is 0 Å². The molecule has 0 aliphatic carbocycles. The van der Waals surface area contributed by atoms with Gasteiger partial charge in [-0.2, -0.15) is 5.26 Å². The molecule has 18 heavy (non-hydrogen) atoms. The second-order valence-corrected chi connectivity index (χ2v) is 4.92. The van der Waals surface area contributed by atoms with Gasteiger partial charge in [0.05, 0.1) is 11.2 Å². The first kappa shape index (κ1) is 12.4. The van der Waals surface area contributed by atoms with Crippen molar-refractivity contribution in [2.45, 2.75) is 20.8 Å². The normalized spacial score (nSPS) is 10.4. The molecule has 0 saturated heterocycles. The lowest BCUT2D eigenvalue weighted by molar-refractivity contribution is 1.11. The van der Waals surface area contributed by atoms with Gasteiger partial charge in [-0.25, -0.2) is 4.98 Å². The Labute approximate surface area is 108 Å². The molecule has 92 valence electrons. The van der Waals surface area contributed by atoms with Crippen LogP contribution in [0.15, 0.2) is 12.1 Å². The Kier molecular flexibility index (Phi) is 2.96. The summed E-state index contributed by atoms with van der Waals surface area (Å²) in [5.74, 6) is 0. The van der Waals surface area contributed by atoms with E-state index in [-0.39, 0.29) is 0 Å². The summed E-state index contributed by atoms with van der Waals surface area (Å²) in [6, 6.07) is 6.43. The van der Waals surface area contributed by atoms with Crippen LogP contribution in [0.25, 0.3) is 10.9 Å². The smallest absolute Gasteiger partial charge is 0.146 e. The van der Waals surface area contributed by atoms with Crippen LogP contribution < -0.4 is 4.90 Å². The zero-order valence-corrected chi connectivity index (χ0v) is 11.5. The molecule has 0 N–H and O–H groups in total. The van der Waals surface area contributed by atoms with Gasteiger partial charge in [0.15, 0.2) is 0 Å². The fourth-order valence-electron chi connectivity index (χ4n) is 2.48. The summed E-state index contributed by atoms with van der Waals surface area (Å²) >= 11 is 0. The Balaban J connectivity index is 3.01. The minimum atomic E-state index is 0.512. The average molecular weight is 239 g/mol. The van der Waals surface area contributed by atoms with E-state index >= 15 is 0 Å². The van der Waals surface area contributed by atoms with Gasteiger partial charge in [-0.15, -0.1) is 0 Å². The molecule has 0 atom stereocenters. The standard InChI is InChI=1S/C15H17N3/c1-9-6-10(2)14-12(7-9)15(18(4)5)11(3)13(8-16)17-14/h6-7H,1-5H3. The van der Waals surface area contributed by atoms with E-state index in [2.05, 4.69) is 35.0 Å². The first-order chi connectivity index (χ1) is 8.45. The van der Waals surface area contributed by atoms with Crippen LogP contribution in [0.3, 0.4) is 0 Å². The quantitative estimate of drug-likeness (QED) is 0.767.